The maximum atomic E-state index is 11.1. The Morgan fingerprint density at radius 2 is 1.69 bits per heavy atom. The molecule has 6 nitrogen and oxygen atoms in total. The zero-order valence-corrected chi connectivity index (χ0v) is 16.0. The summed E-state index contributed by atoms with van der Waals surface area (Å²) in [6.07, 6.45) is 3.01. The highest BCUT2D eigenvalue weighted by Gasteiger charge is 2.55. The van der Waals surface area contributed by atoms with Crippen LogP contribution in [-0.2, 0) is 6.54 Å². The molecule has 146 valence electrons. The molecule has 2 atom stereocenters. The van der Waals surface area contributed by atoms with E-state index in [1.165, 1.54) is 29.1 Å². The molecule has 0 spiro atoms. The number of piperidine rings is 1. The zero-order valence-electron chi connectivity index (χ0n) is 16.0. The van der Waals surface area contributed by atoms with Crippen molar-refractivity contribution in [1.29, 1.82) is 0 Å². The Morgan fingerprint density at radius 1 is 1.00 bits per heavy atom. The second-order valence-electron chi connectivity index (χ2n) is 7.84. The maximum Gasteiger partial charge on any atom is 0.251 e. The highest BCUT2D eigenvalue weighted by molar-refractivity contribution is 5.92. The third-order valence-corrected chi connectivity index (χ3v) is 5.98. The van der Waals surface area contributed by atoms with Gasteiger partial charge >= 0.3 is 0 Å². The molecule has 1 saturated carbocycles. The summed E-state index contributed by atoms with van der Waals surface area (Å²) < 4.78 is 0. The minimum atomic E-state index is -0.499. The Hall–Kier alpha value is -3.25. The van der Waals surface area contributed by atoms with Crippen molar-refractivity contribution in [3.8, 4) is 11.1 Å². The summed E-state index contributed by atoms with van der Waals surface area (Å²) in [7, 11) is 0. The fraction of sp³-hybridized carbons (Fsp3) is 0.261. The predicted molar refractivity (Wildman–Crippen MR) is 112 cm³/mol. The number of hydrogen-bond acceptors (Lipinski definition) is 5. The first-order valence-corrected chi connectivity index (χ1v) is 9.93. The Bertz CT molecular complexity index is 1010. The summed E-state index contributed by atoms with van der Waals surface area (Å²) in [5.41, 5.74) is 9.39. The minimum absolute atomic E-state index is 0.343. The summed E-state index contributed by atoms with van der Waals surface area (Å²) in [5.74, 6) is 1.44. The van der Waals surface area contributed by atoms with E-state index in [0.29, 0.717) is 29.4 Å². The molecule has 6 heteroatoms. The molecule has 1 aromatic heterocycles. The largest absolute Gasteiger partial charge is 0.366 e. The molecule has 0 bridgehead atoms. The van der Waals surface area contributed by atoms with Gasteiger partial charge < -0.3 is 16.0 Å². The van der Waals surface area contributed by atoms with E-state index in [1.807, 2.05) is 6.07 Å². The van der Waals surface area contributed by atoms with E-state index < -0.39 is 5.91 Å². The van der Waals surface area contributed by atoms with Gasteiger partial charge in [-0.2, -0.15) is 0 Å². The average molecular weight is 385 g/mol. The molecule has 2 aliphatic rings. The van der Waals surface area contributed by atoms with Gasteiger partial charge in [0.15, 0.2) is 0 Å². The van der Waals surface area contributed by atoms with E-state index in [4.69, 9.17) is 5.73 Å². The molecule has 3 N–H and O–H groups in total. The number of amides is 1. The van der Waals surface area contributed by atoms with E-state index in [1.54, 1.807) is 0 Å². The lowest BCUT2D eigenvalue weighted by Crippen LogP contribution is -2.32. The number of nitrogens with two attached hydrogens (primary N) is 1. The van der Waals surface area contributed by atoms with Gasteiger partial charge in [-0.3, -0.25) is 4.79 Å². The first-order valence-electron chi connectivity index (χ1n) is 9.93. The van der Waals surface area contributed by atoms with Gasteiger partial charge in [0.2, 0.25) is 5.95 Å². The molecule has 1 aliphatic heterocycles. The van der Waals surface area contributed by atoms with Crippen molar-refractivity contribution >= 4 is 11.9 Å². The highest BCUT2D eigenvalue weighted by Crippen LogP contribution is 2.46. The first kappa shape index (κ1) is 17.8. The topological polar surface area (TPSA) is 84.1 Å². The van der Waals surface area contributed by atoms with Gasteiger partial charge in [0.25, 0.3) is 5.91 Å². The predicted octanol–water partition coefficient (Wildman–Crippen LogP) is 2.47. The number of benzene rings is 2. The van der Waals surface area contributed by atoms with Gasteiger partial charge in [-0.1, -0.05) is 48.5 Å². The van der Waals surface area contributed by atoms with Crippen LogP contribution in [0.5, 0.6) is 0 Å². The fourth-order valence-corrected chi connectivity index (χ4v) is 4.33. The summed E-state index contributed by atoms with van der Waals surface area (Å²) >= 11 is 0. The number of nitrogens with zero attached hydrogens (tertiary/aromatic N) is 3. The number of hydrogen-bond donors (Lipinski definition) is 2. The van der Waals surface area contributed by atoms with Crippen molar-refractivity contribution in [2.45, 2.75) is 12.6 Å². The van der Waals surface area contributed by atoms with E-state index in [2.05, 4.69) is 68.7 Å². The van der Waals surface area contributed by atoms with E-state index in [9.17, 15) is 4.79 Å². The van der Waals surface area contributed by atoms with Gasteiger partial charge in [0.05, 0.1) is 5.56 Å². The van der Waals surface area contributed by atoms with Gasteiger partial charge in [0.1, 0.15) is 0 Å². The van der Waals surface area contributed by atoms with Crippen molar-refractivity contribution in [2.24, 2.45) is 17.6 Å². The Kier molecular flexibility index (Phi) is 4.48. The standard InChI is InChI=1S/C23H23N5O/c24-22(29)18-11-26-23(27-12-18)28-13-19-20(14-28)21(19)25-10-15-5-4-8-17(9-15)16-6-2-1-3-7-16/h1-9,11-12,19-21,25H,10,13-14H2,(H2,24,29). The SMILES string of the molecule is NC(=O)c1cnc(N2CC3C(C2)C3NCc2cccc(-c3ccccc3)c2)nc1. The van der Waals surface area contributed by atoms with Crippen LogP contribution in [0.4, 0.5) is 5.95 Å². The second-order valence-corrected chi connectivity index (χ2v) is 7.84. The lowest BCUT2D eigenvalue weighted by atomic mass is 10.0. The number of primary amides is 1. The van der Waals surface area contributed by atoms with Crippen LogP contribution in [0, 0.1) is 11.8 Å². The summed E-state index contributed by atoms with van der Waals surface area (Å²) in [6, 6.07) is 19.8. The molecule has 2 heterocycles. The smallest absolute Gasteiger partial charge is 0.251 e. The summed E-state index contributed by atoms with van der Waals surface area (Å²) in [6.45, 7) is 2.77. The Labute approximate surface area is 169 Å². The van der Waals surface area contributed by atoms with E-state index in [0.717, 1.165) is 19.6 Å². The van der Waals surface area contributed by atoms with Crippen molar-refractivity contribution in [2.75, 3.05) is 18.0 Å². The van der Waals surface area contributed by atoms with Crippen LogP contribution in [0.2, 0.25) is 0 Å². The molecule has 1 aliphatic carbocycles. The van der Waals surface area contributed by atoms with Crippen molar-refractivity contribution < 1.29 is 4.79 Å². The van der Waals surface area contributed by atoms with Gasteiger partial charge in [-0.25, -0.2) is 9.97 Å². The summed E-state index contributed by atoms with van der Waals surface area (Å²) in [5, 5.41) is 3.72. The number of aromatic nitrogens is 2. The average Bonchev–Trinajstić information content (AvgIpc) is 3.21. The van der Waals surface area contributed by atoms with Crippen LogP contribution in [0.25, 0.3) is 11.1 Å². The third-order valence-electron chi connectivity index (χ3n) is 5.98. The molecule has 1 saturated heterocycles. The molecule has 29 heavy (non-hydrogen) atoms. The van der Waals surface area contributed by atoms with Crippen molar-refractivity contribution in [3.63, 3.8) is 0 Å². The number of anilines is 1. The third kappa shape index (κ3) is 3.59. The molecule has 1 amide bonds. The molecule has 2 unspecified atom stereocenters. The minimum Gasteiger partial charge on any atom is -0.366 e. The van der Waals surface area contributed by atoms with Crippen LogP contribution < -0.4 is 16.0 Å². The van der Waals surface area contributed by atoms with Gasteiger partial charge in [-0.15, -0.1) is 0 Å². The zero-order chi connectivity index (χ0) is 19.8. The van der Waals surface area contributed by atoms with Gasteiger partial charge in [-0.05, 0) is 34.6 Å². The molecular weight excluding hydrogens is 362 g/mol. The Morgan fingerprint density at radius 3 is 2.38 bits per heavy atom. The monoisotopic (exact) mass is 385 g/mol. The molecule has 5 rings (SSSR count). The second kappa shape index (κ2) is 7.29. The van der Waals surface area contributed by atoms with Crippen LogP contribution in [-0.4, -0.2) is 35.0 Å². The van der Waals surface area contributed by atoms with E-state index >= 15 is 0 Å². The number of fused-ring (bicyclic) bond motifs is 1. The van der Waals surface area contributed by atoms with Crippen molar-refractivity contribution in [3.05, 3.63) is 78.1 Å². The molecule has 0 radical (unpaired) electrons. The highest BCUT2D eigenvalue weighted by atomic mass is 16.1. The van der Waals surface area contributed by atoms with Gasteiger partial charge in [0, 0.05) is 38.1 Å². The summed E-state index contributed by atoms with van der Waals surface area (Å²) in [4.78, 5) is 21.9. The van der Waals surface area contributed by atoms with E-state index in [-0.39, 0.29) is 0 Å². The number of nitrogens with one attached hydrogen (secondary N) is 1. The van der Waals surface area contributed by atoms with Crippen LogP contribution in [0.15, 0.2) is 67.0 Å². The molecular formula is C23H23N5O. The van der Waals surface area contributed by atoms with Crippen LogP contribution in [0.1, 0.15) is 15.9 Å². The van der Waals surface area contributed by atoms with Crippen molar-refractivity contribution in [1.82, 2.24) is 15.3 Å². The first-order chi connectivity index (χ1) is 14.2. The quantitative estimate of drug-likeness (QED) is 0.681. The number of rotatable bonds is 6. The lowest BCUT2D eigenvalue weighted by Gasteiger charge is -2.20. The maximum absolute atomic E-state index is 11.1. The lowest BCUT2D eigenvalue weighted by molar-refractivity contribution is 0.0999. The normalized spacial score (nSPS) is 22.3. The number of carbonyl (C=O) groups excluding carboxylic acids is 1. The molecule has 2 fully saturated rings. The van der Waals surface area contributed by atoms with Crippen LogP contribution >= 0.6 is 0 Å². The Balaban J connectivity index is 1.16. The fourth-order valence-electron chi connectivity index (χ4n) is 4.33. The molecule has 3 aromatic rings. The number of carbonyl (C=O) groups is 1. The molecule has 2 aromatic carbocycles. The van der Waals surface area contributed by atoms with Crippen LogP contribution in [0.3, 0.4) is 0 Å².